The SMILES string of the molecule is COc1cccc(CN(C(=O)CSCc2ccccc2Cl)[C@H](Cc2ccccc2)C(=O)NC2CCCCC2)c1. The maximum atomic E-state index is 13.9. The summed E-state index contributed by atoms with van der Waals surface area (Å²) in [4.78, 5) is 29.5. The zero-order valence-corrected chi connectivity index (χ0v) is 24.1. The molecule has 1 atom stereocenters. The maximum Gasteiger partial charge on any atom is 0.243 e. The number of carbonyl (C=O) groups is 2. The molecule has 1 N–H and O–H groups in total. The molecule has 0 radical (unpaired) electrons. The van der Waals surface area contributed by atoms with Crippen molar-refractivity contribution in [1.82, 2.24) is 10.2 Å². The van der Waals surface area contributed by atoms with Gasteiger partial charge in [0.2, 0.25) is 11.8 Å². The van der Waals surface area contributed by atoms with Crippen LogP contribution in [-0.4, -0.2) is 41.7 Å². The molecule has 0 aromatic heterocycles. The molecule has 0 spiro atoms. The van der Waals surface area contributed by atoms with E-state index in [9.17, 15) is 9.59 Å². The summed E-state index contributed by atoms with van der Waals surface area (Å²) in [5.41, 5.74) is 2.93. The number of ether oxygens (including phenoxy) is 1. The van der Waals surface area contributed by atoms with E-state index in [1.165, 1.54) is 18.2 Å². The Balaban J connectivity index is 1.58. The Hall–Kier alpha value is -2.96. The topological polar surface area (TPSA) is 58.6 Å². The van der Waals surface area contributed by atoms with Crippen LogP contribution in [0.2, 0.25) is 5.02 Å². The van der Waals surface area contributed by atoms with Gasteiger partial charge in [-0.05, 0) is 47.7 Å². The van der Waals surface area contributed by atoms with E-state index in [0.29, 0.717) is 23.7 Å². The van der Waals surface area contributed by atoms with E-state index in [2.05, 4.69) is 5.32 Å². The van der Waals surface area contributed by atoms with Gasteiger partial charge in [-0.15, -0.1) is 11.8 Å². The molecule has 0 unspecified atom stereocenters. The van der Waals surface area contributed by atoms with Crippen molar-refractivity contribution in [2.45, 2.75) is 62.9 Å². The number of halogens is 1. The van der Waals surface area contributed by atoms with Gasteiger partial charge in [0.05, 0.1) is 12.9 Å². The molecule has 5 nitrogen and oxygen atoms in total. The van der Waals surface area contributed by atoms with E-state index < -0.39 is 6.04 Å². The van der Waals surface area contributed by atoms with Crippen LogP contribution >= 0.6 is 23.4 Å². The highest BCUT2D eigenvalue weighted by Crippen LogP contribution is 2.24. The summed E-state index contributed by atoms with van der Waals surface area (Å²) in [5, 5.41) is 3.98. The minimum Gasteiger partial charge on any atom is -0.497 e. The summed E-state index contributed by atoms with van der Waals surface area (Å²) < 4.78 is 5.43. The maximum absolute atomic E-state index is 13.9. The second-order valence-electron chi connectivity index (χ2n) is 10.0. The molecule has 2 amide bonds. The predicted molar refractivity (Wildman–Crippen MR) is 160 cm³/mol. The molecule has 1 aliphatic rings. The molecule has 39 heavy (non-hydrogen) atoms. The van der Waals surface area contributed by atoms with Crippen LogP contribution in [-0.2, 0) is 28.3 Å². The van der Waals surface area contributed by atoms with Gasteiger partial charge in [-0.25, -0.2) is 0 Å². The molecular weight excluding hydrogens is 528 g/mol. The van der Waals surface area contributed by atoms with E-state index in [0.717, 1.165) is 48.1 Å². The Labute approximate surface area is 241 Å². The molecule has 1 fully saturated rings. The number of hydrogen-bond donors (Lipinski definition) is 1. The van der Waals surface area contributed by atoms with Crippen molar-refractivity contribution in [2.24, 2.45) is 0 Å². The van der Waals surface area contributed by atoms with E-state index in [1.54, 1.807) is 12.0 Å². The molecule has 0 aliphatic heterocycles. The molecule has 3 aromatic rings. The predicted octanol–water partition coefficient (Wildman–Crippen LogP) is 6.67. The Bertz CT molecular complexity index is 1220. The van der Waals surface area contributed by atoms with Crippen molar-refractivity contribution in [3.05, 3.63) is 101 Å². The fourth-order valence-corrected chi connectivity index (χ4v) is 6.21. The third-order valence-electron chi connectivity index (χ3n) is 7.15. The Morgan fingerprint density at radius 1 is 0.974 bits per heavy atom. The zero-order valence-electron chi connectivity index (χ0n) is 22.5. The lowest BCUT2D eigenvalue weighted by atomic mass is 9.94. The molecule has 7 heteroatoms. The van der Waals surface area contributed by atoms with Gasteiger partial charge >= 0.3 is 0 Å². The summed E-state index contributed by atoms with van der Waals surface area (Å²) in [6, 6.07) is 24.8. The minimum absolute atomic E-state index is 0.0744. The second-order valence-corrected chi connectivity index (χ2v) is 11.4. The summed E-state index contributed by atoms with van der Waals surface area (Å²) >= 11 is 7.85. The molecule has 206 valence electrons. The minimum atomic E-state index is -0.631. The van der Waals surface area contributed by atoms with Gasteiger partial charge in [0, 0.05) is 29.8 Å². The molecule has 1 aliphatic carbocycles. The zero-order chi connectivity index (χ0) is 27.5. The van der Waals surface area contributed by atoms with E-state index in [4.69, 9.17) is 16.3 Å². The number of benzene rings is 3. The third kappa shape index (κ3) is 8.77. The normalized spacial score (nSPS) is 14.4. The van der Waals surface area contributed by atoms with Gasteiger partial charge in [-0.3, -0.25) is 9.59 Å². The number of thioether (sulfide) groups is 1. The fourth-order valence-electron chi connectivity index (χ4n) is 5.01. The number of amides is 2. The number of hydrogen-bond acceptors (Lipinski definition) is 4. The second kappa shape index (κ2) is 15.0. The van der Waals surface area contributed by atoms with Crippen LogP contribution < -0.4 is 10.1 Å². The van der Waals surface area contributed by atoms with Crippen molar-refractivity contribution >= 4 is 35.2 Å². The first-order chi connectivity index (χ1) is 19.0. The van der Waals surface area contributed by atoms with Crippen LogP contribution in [0.15, 0.2) is 78.9 Å². The summed E-state index contributed by atoms with van der Waals surface area (Å²) in [5.74, 6) is 1.43. The quantitative estimate of drug-likeness (QED) is 0.267. The standard InChI is InChI=1S/C32H37ClN2O3S/c1-38-28-17-10-13-25(19-28)21-35(31(36)23-39-22-26-14-8-9-18-29(26)33)30(20-24-11-4-2-5-12-24)32(37)34-27-15-6-3-7-16-27/h2,4-5,8-14,17-19,27,30H,3,6-7,15-16,20-23H2,1H3,(H,34,37)/t30-/m1/s1. The lowest BCUT2D eigenvalue weighted by Crippen LogP contribution is -2.53. The van der Waals surface area contributed by atoms with Crippen molar-refractivity contribution in [3.8, 4) is 5.75 Å². The highest BCUT2D eigenvalue weighted by Gasteiger charge is 2.32. The summed E-state index contributed by atoms with van der Waals surface area (Å²) in [6.45, 7) is 0.318. The van der Waals surface area contributed by atoms with Gasteiger partial charge in [-0.1, -0.05) is 91.5 Å². The van der Waals surface area contributed by atoms with Gasteiger partial charge < -0.3 is 15.0 Å². The number of nitrogens with zero attached hydrogens (tertiary/aromatic N) is 1. The van der Waals surface area contributed by atoms with E-state index >= 15 is 0 Å². The third-order valence-corrected chi connectivity index (χ3v) is 8.49. The Kier molecular flexibility index (Phi) is 11.2. The molecule has 0 heterocycles. The summed E-state index contributed by atoms with van der Waals surface area (Å²) in [7, 11) is 1.63. The molecule has 3 aromatic carbocycles. The van der Waals surface area contributed by atoms with Crippen LogP contribution in [0.4, 0.5) is 0 Å². The molecule has 1 saturated carbocycles. The molecular formula is C32H37ClN2O3S. The van der Waals surface area contributed by atoms with E-state index in [-0.39, 0.29) is 23.6 Å². The van der Waals surface area contributed by atoms with E-state index in [1.807, 2.05) is 78.9 Å². The van der Waals surface area contributed by atoms with Crippen LogP contribution in [0.3, 0.4) is 0 Å². The van der Waals surface area contributed by atoms with Crippen LogP contribution in [0.25, 0.3) is 0 Å². The Morgan fingerprint density at radius 2 is 1.69 bits per heavy atom. The molecule has 0 saturated heterocycles. The Morgan fingerprint density at radius 3 is 2.44 bits per heavy atom. The van der Waals surface area contributed by atoms with Crippen LogP contribution in [0.1, 0.15) is 48.8 Å². The number of methoxy groups -OCH3 is 1. The highest BCUT2D eigenvalue weighted by molar-refractivity contribution is 7.99. The largest absolute Gasteiger partial charge is 0.497 e. The lowest BCUT2D eigenvalue weighted by molar-refractivity contribution is -0.139. The average Bonchev–Trinajstić information content (AvgIpc) is 2.97. The fraction of sp³-hybridized carbons (Fsp3) is 0.375. The summed E-state index contributed by atoms with van der Waals surface area (Å²) in [6.07, 6.45) is 5.88. The van der Waals surface area contributed by atoms with Crippen molar-refractivity contribution < 1.29 is 14.3 Å². The number of rotatable bonds is 12. The van der Waals surface area contributed by atoms with Crippen molar-refractivity contribution in [3.63, 3.8) is 0 Å². The lowest BCUT2D eigenvalue weighted by Gasteiger charge is -2.33. The van der Waals surface area contributed by atoms with Gasteiger partial charge in [0.25, 0.3) is 0 Å². The van der Waals surface area contributed by atoms with Gasteiger partial charge in [-0.2, -0.15) is 0 Å². The smallest absolute Gasteiger partial charge is 0.243 e. The van der Waals surface area contributed by atoms with Crippen LogP contribution in [0.5, 0.6) is 5.75 Å². The monoisotopic (exact) mass is 564 g/mol. The molecule has 4 rings (SSSR count). The van der Waals surface area contributed by atoms with Crippen molar-refractivity contribution in [1.29, 1.82) is 0 Å². The number of carbonyl (C=O) groups excluding carboxylic acids is 2. The highest BCUT2D eigenvalue weighted by atomic mass is 35.5. The van der Waals surface area contributed by atoms with Gasteiger partial charge in [0.15, 0.2) is 0 Å². The first kappa shape index (κ1) is 29.0. The number of nitrogens with one attached hydrogen (secondary N) is 1. The molecule has 0 bridgehead atoms. The average molecular weight is 565 g/mol. The van der Waals surface area contributed by atoms with Gasteiger partial charge in [0.1, 0.15) is 11.8 Å². The van der Waals surface area contributed by atoms with Crippen LogP contribution in [0, 0.1) is 0 Å². The first-order valence-electron chi connectivity index (χ1n) is 13.6. The van der Waals surface area contributed by atoms with Crippen molar-refractivity contribution in [2.75, 3.05) is 12.9 Å². The first-order valence-corrected chi connectivity index (χ1v) is 15.1.